The van der Waals surface area contributed by atoms with Crippen LogP contribution in [-0.4, -0.2) is 58.7 Å². The van der Waals surface area contributed by atoms with Gasteiger partial charge < -0.3 is 20.6 Å². The van der Waals surface area contributed by atoms with Crippen LogP contribution in [0.15, 0.2) is 12.4 Å². The lowest BCUT2D eigenvalue weighted by atomic mass is 10.2. The van der Waals surface area contributed by atoms with Crippen molar-refractivity contribution in [3.63, 3.8) is 0 Å². The van der Waals surface area contributed by atoms with Gasteiger partial charge in [-0.05, 0) is 20.0 Å². The smallest absolute Gasteiger partial charge is 0.322 e. The topological polar surface area (TPSA) is 90.4 Å². The predicted octanol–water partition coefficient (Wildman–Crippen LogP) is 0.0891. The fourth-order valence-electron chi connectivity index (χ4n) is 1.96. The first-order valence-corrected chi connectivity index (χ1v) is 5.86. The van der Waals surface area contributed by atoms with Crippen molar-refractivity contribution in [1.29, 1.82) is 0 Å². The molecule has 1 aromatic rings. The van der Waals surface area contributed by atoms with Crippen molar-refractivity contribution >= 4 is 17.6 Å². The molecule has 0 saturated carbocycles. The van der Waals surface area contributed by atoms with E-state index < -0.39 is 5.97 Å². The number of aromatic nitrogens is 2. The monoisotopic (exact) mass is 251 g/mol. The Bertz CT molecular complexity index is 426. The number of carboxylic acid groups (broad SMARTS) is 1. The number of nitrogens with zero attached hydrogens (tertiary/aromatic N) is 3. The Morgan fingerprint density at radius 1 is 1.56 bits per heavy atom. The van der Waals surface area contributed by atoms with E-state index >= 15 is 0 Å². The van der Waals surface area contributed by atoms with Crippen LogP contribution in [0.4, 0.5) is 11.6 Å². The fourth-order valence-corrected chi connectivity index (χ4v) is 1.96. The average Bonchev–Trinajstić information content (AvgIpc) is 2.73. The summed E-state index contributed by atoms with van der Waals surface area (Å²) in [6.45, 7) is 1.91. The molecule has 1 aromatic heterocycles. The maximum absolute atomic E-state index is 10.4. The van der Waals surface area contributed by atoms with E-state index in [2.05, 4.69) is 32.5 Å². The lowest BCUT2D eigenvalue weighted by Crippen LogP contribution is -2.24. The number of likely N-dealkylation sites (tertiary alicyclic amines) is 1. The molecule has 2 heterocycles. The molecule has 0 amide bonds. The number of carboxylic acids is 1. The van der Waals surface area contributed by atoms with Crippen molar-refractivity contribution in [3.8, 4) is 0 Å². The molecule has 18 heavy (non-hydrogen) atoms. The number of hydrogen-bond donors (Lipinski definition) is 3. The molecule has 0 radical (unpaired) electrons. The summed E-state index contributed by atoms with van der Waals surface area (Å²) in [7, 11) is 2.08. The van der Waals surface area contributed by atoms with Crippen molar-refractivity contribution in [2.75, 3.05) is 37.3 Å². The van der Waals surface area contributed by atoms with Gasteiger partial charge >= 0.3 is 5.97 Å². The molecular weight excluding hydrogens is 234 g/mol. The van der Waals surface area contributed by atoms with Gasteiger partial charge in [0.1, 0.15) is 24.5 Å². The van der Waals surface area contributed by atoms with Crippen molar-refractivity contribution < 1.29 is 9.90 Å². The maximum atomic E-state index is 10.4. The second-order valence-corrected chi connectivity index (χ2v) is 4.43. The standard InChI is InChI=1S/C11H17N5O2/c1-16-3-2-8(6-16)15-10-4-9(13-7-14-10)12-5-11(17)18/h4,7-8H,2-3,5-6H2,1H3,(H,17,18)(H2,12,13,14,15). The van der Waals surface area contributed by atoms with E-state index in [-0.39, 0.29) is 6.54 Å². The number of likely N-dealkylation sites (N-methyl/N-ethyl adjacent to an activating group) is 1. The molecule has 1 fully saturated rings. The van der Waals surface area contributed by atoms with Crippen molar-refractivity contribution in [3.05, 3.63) is 12.4 Å². The minimum Gasteiger partial charge on any atom is -0.480 e. The average molecular weight is 251 g/mol. The normalized spacial score (nSPS) is 19.7. The predicted molar refractivity (Wildman–Crippen MR) is 67.7 cm³/mol. The summed E-state index contributed by atoms with van der Waals surface area (Å²) in [5.74, 6) is 0.319. The summed E-state index contributed by atoms with van der Waals surface area (Å²) in [5.41, 5.74) is 0. The highest BCUT2D eigenvalue weighted by Crippen LogP contribution is 2.14. The number of rotatable bonds is 5. The Kier molecular flexibility index (Phi) is 3.93. The number of hydrogen-bond acceptors (Lipinski definition) is 6. The maximum Gasteiger partial charge on any atom is 0.322 e. The van der Waals surface area contributed by atoms with E-state index in [4.69, 9.17) is 5.11 Å². The van der Waals surface area contributed by atoms with E-state index in [0.29, 0.717) is 11.9 Å². The number of aliphatic carboxylic acids is 1. The molecule has 0 spiro atoms. The van der Waals surface area contributed by atoms with Crippen LogP contribution in [0, 0.1) is 0 Å². The van der Waals surface area contributed by atoms with Crippen molar-refractivity contribution in [2.45, 2.75) is 12.5 Å². The highest BCUT2D eigenvalue weighted by molar-refractivity contribution is 5.72. The van der Waals surface area contributed by atoms with E-state index in [1.165, 1.54) is 6.33 Å². The summed E-state index contributed by atoms with van der Waals surface area (Å²) in [4.78, 5) is 20.8. The van der Waals surface area contributed by atoms with Crippen LogP contribution in [0.5, 0.6) is 0 Å². The van der Waals surface area contributed by atoms with Gasteiger partial charge in [-0.2, -0.15) is 0 Å². The molecule has 0 aliphatic carbocycles. The van der Waals surface area contributed by atoms with E-state index in [0.717, 1.165) is 25.3 Å². The van der Waals surface area contributed by atoms with Crippen LogP contribution < -0.4 is 10.6 Å². The summed E-state index contributed by atoms with van der Waals surface area (Å²) in [6.07, 6.45) is 2.50. The number of carbonyl (C=O) groups is 1. The van der Waals surface area contributed by atoms with Gasteiger partial charge in [0.2, 0.25) is 0 Å². The SMILES string of the molecule is CN1CCC(Nc2cc(NCC(=O)O)ncn2)C1. The van der Waals surface area contributed by atoms with Crippen LogP contribution in [0.25, 0.3) is 0 Å². The summed E-state index contributed by atoms with van der Waals surface area (Å²) < 4.78 is 0. The molecule has 7 nitrogen and oxygen atoms in total. The fraction of sp³-hybridized carbons (Fsp3) is 0.545. The molecule has 98 valence electrons. The summed E-state index contributed by atoms with van der Waals surface area (Å²) in [5, 5.41) is 14.6. The van der Waals surface area contributed by atoms with Crippen LogP contribution in [0.2, 0.25) is 0 Å². The third kappa shape index (κ3) is 3.56. The molecule has 3 N–H and O–H groups in total. The molecule has 0 bridgehead atoms. The van der Waals surface area contributed by atoms with Crippen molar-refractivity contribution in [1.82, 2.24) is 14.9 Å². The summed E-state index contributed by atoms with van der Waals surface area (Å²) in [6, 6.07) is 2.11. The zero-order valence-electron chi connectivity index (χ0n) is 10.3. The Labute approximate surface area is 105 Å². The lowest BCUT2D eigenvalue weighted by molar-refractivity contribution is -0.134. The highest BCUT2D eigenvalue weighted by Gasteiger charge is 2.19. The first-order chi connectivity index (χ1) is 8.63. The Morgan fingerprint density at radius 3 is 3.00 bits per heavy atom. The van der Waals surface area contributed by atoms with Gasteiger partial charge in [0.05, 0.1) is 0 Å². The molecule has 1 saturated heterocycles. The van der Waals surface area contributed by atoms with Gasteiger partial charge in [0.15, 0.2) is 0 Å². The number of anilines is 2. The quantitative estimate of drug-likeness (QED) is 0.683. The minimum absolute atomic E-state index is 0.150. The third-order valence-corrected chi connectivity index (χ3v) is 2.83. The minimum atomic E-state index is -0.916. The first-order valence-electron chi connectivity index (χ1n) is 5.86. The molecule has 0 aromatic carbocycles. The zero-order valence-corrected chi connectivity index (χ0v) is 10.3. The molecule has 2 rings (SSSR count). The Morgan fingerprint density at radius 2 is 2.33 bits per heavy atom. The molecular formula is C11H17N5O2. The van der Waals surface area contributed by atoms with Crippen LogP contribution in [-0.2, 0) is 4.79 Å². The van der Waals surface area contributed by atoms with Gasteiger partial charge in [0, 0.05) is 18.7 Å². The number of nitrogens with one attached hydrogen (secondary N) is 2. The largest absolute Gasteiger partial charge is 0.480 e. The van der Waals surface area contributed by atoms with Crippen LogP contribution in [0.1, 0.15) is 6.42 Å². The molecule has 1 aliphatic heterocycles. The lowest BCUT2D eigenvalue weighted by Gasteiger charge is -2.13. The van der Waals surface area contributed by atoms with E-state index in [1.54, 1.807) is 6.07 Å². The molecule has 1 aliphatic rings. The second-order valence-electron chi connectivity index (χ2n) is 4.43. The second kappa shape index (κ2) is 5.63. The molecule has 1 unspecified atom stereocenters. The summed E-state index contributed by atoms with van der Waals surface area (Å²) >= 11 is 0. The molecule has 1 atom stereocenters. The van der Waals surface area contributed by atoms with E-state index in [9.17, 15) is 4.79 Å². The molecule has 7 heteroatoms. The Hall–Kier alpha value is -1.89. The zero-order chi connectivity index (χ0) is 13.0. The van der Waals surface area contributed by atoms with Crippen molar-refractivity contribution in [2.24, 2.45) is 0 Å². The van der Waals surface area contributed by atoms with Gasteiger partial charge in [-0.15, -0.1) is 0 Å². The van der Waals surface area contributed by atoms with E-state index in [1.807, 2.05) is 0 Å². The van der Waals surface area contributed by atoms with Gasteiger partial charge in [-0.1, -0.05) is 0 Å². The van der Waals surface area contributed by atoms with Crippen LogP contribution in [0.3, 0.4) is 0 Å². The van der Waals surface area contributed by atoms with Crippen LogP contribution >= 0.6 is 0 Å². The van der Waals surface area contributed by atoms with Gasteiger partial charge in [-0.3, -0.25) is 4.79 Å². The highest BCUT2D eigenvalue weighted by atomic mass is 16.4. The Balaban J connectivity index is 1.92. The van der Waals surface area contributed by atoms with Gasteiger partial charge in [0.25, 0.3) is 0 Å². The first kappa shape index (κ1) is 12.6. The van der Waals surface area contributed by atoms with Gasteiger partial charge in [-0.25, -0.2) is 9.97 Å². The third-order valence-electron chi connectivity index (χ3n) is 2.83.